The van der Waals surface area contributed by atoms with E-state index in [1.807, 2.05) is 31.2 Å². The average molecular weight is 351 g/mol. The third kappa shape index (κ3) is 4.80. The number of carbonyl (C=O) groups excluding carboxylic acids is 1. The number of ether oxygens (including phenoxy) is 2. The normalized spacial score (nSPS) is 9.79. The van der Waals surface area contributed by atoms with Crippen molar-refractivity contribution < 1.29 is 14.3 Å². The molecule has 0 bridgehead atoms. The highest BCUT2D eigenvalue weighted by atomic mass is 35.5. The van der Waals surface area contributed by atoms with Crippen LogP contribution in [0.3, 0.4) is 0 Å². The van der Waals surface area contributed by atoms with Gasteiger partial charge in [-0.3, -0.25) is 4.79 Å². The number of hydrogen-bond donors (Lipinski definition) is 2. The zero-order valence-electron chi connectivity index (χ0n) is 14.1. The Labute approximate surface area is 148 Å². The third-order valence-corrected chi connectivity index (χ3v) is 3.69. The molecule has 5 nitrogen and oxygen atoms in total. The first-order chi connectivity index (χ1) is 11.0. The van der Waals surface area contributed by atoms with Gasteiger partial charge >= 0.3 is 0 Å². The van der Waals surface area contributed by atoms with E-state index < -0.39 is 0 Å². The van der Waals surface area contributed by atoms with Gasteiger partial charge in [-0.2, -0.15) is 0 Å². The second kappa shape index (κ2) is 9.03. The van der Waals surface area contributed by atoms with Gasteiger partial charge in [0.25, 0.3) is 5.91 Å². The van der Waals surface area contributed by atoms with Crippen LogP contribution in [0.4, 0.5) is 5.69 Å². The first-order valence-electron chi connectivity index (χ1n) is 7.40. The molecule has 0 aliphatic heterocycles. The molecule has 0 spiro atoms. The number of carbonyl (C=O) groups is 1. The molecular formula is C18H23ClN2O3. The highest BCUT2D eigenvalue weighted by Gasteiger charge is 2.13. The average Bonchev–Trinajstić information content (AvgIpc) is 2.56. The van der Waals surface area contributed by atoms with Crippen LogP contribution in [0.1, 0.15) is 21.5 Å². The van der Waals surface area contributed by atoms with E-state index in [9.17, 15) is 4.79 Å². The van der Waals surface area contributed by atoms with E-state index in [0.717, 1.165) is 23.2 Å². The minimum absolute atomic E-state index is 0. The summed E-state index contributed by atoms with van der Waals surface area (Å²) in [5.41, 5.74) is 8.89. The molecule has 2 rings (SSSR count). The van der Waals surface area contributed by atoms with Crippen molar-refractivity contribution in [3.8, 4) is 11.5 Å². The molecule has 0 aromatic heterocycles. The molecule has 0 saturated heterocycles. The molecule has 130 valence electrons. The minimum Gasteiger partial charge on any atom is -0.496 e. The molecular weight excluding hydrogens is 328 g/mol. The van der Waals surface area contributed by atoms with E-state index in [-0.39, 0.29) is 18.3 Å². The maximum absolute atomic E-state index is 12.3. The predicted octanol–water partition coefficient (Wildman–Crippen LogP) is 2.99. The van der Waals surface area contributed by atoms with Crippen LogP contribution >= 0.6 is 12.4 Å². The molecule has 0 aliphatic rings. The largest absolute Gasteiger partial charge is 0.496 e. The number of nitrogens with one attached hydrogen (secondary N) is 1. The van der Waals surface area contributed by atoms with E-state index in [1.165, 1.54) is 0 Å². The quantitative estimate of drug-likeness (QED) is 0.785. The number of amides is 1. The monoisotopic (exact) mass is 350 g/mol. The first kappa shape index (κ1) is 19.6. The lowest BCUT2D eigenvalue weighted by Crippen LogP contribution is -2.25. The van der Waals surface area contributed by atoms with Crippen molar-refractivity contribution in [3.05, 3.63) is 53.1 Å². The summed E-state index contributed by atoms with van der Waals surface area (Å²) in [6.45, 7) is 2.43. The van der Waals surface area contributed by atoms with Crippen molar-refractivity contribution in [2.45, 2.75) is 13.3 Å². The molecule has 2 aromatic rings. The fourth-order valence-electron chi connectivity index (χ4n) is 2.32. The van der Waals surface area contributed by atoms with Crippen LogP contribution in [0.15, 0.2) is 36.4 Å². The van der Waals surface area contributed by atoms with Crippen LogP contribution in [-0.4, -0.2) is 26.7 Å². The molecule has 2 aromatic carbocycles. The van der Waals surface area contributed by atoms with Crippen LogP contribution in [0.25, 0.3) is 0 Å². The Kier molecular flexibility index (Phi) is 7.39. The molecule has 0 radical (unpaired) electrons. The Morgan fingerprint density at radius 2 is 1.62 bits per heavy atom. The molecule has 0 heterocycles. The fraction of sp³-hybridized carbons (Fsp3) is 0.278. The Morgan fingerprint density at radius 1 is 1.08 bits per heavy atom. The van der Waals surface area contributed by atoms with E-state index >= 15 is 0 Å². The van der Waals surface area contributed by atoms with Gasteiger partial charge in [0.15, 0.2) is 0 Å². The van der Waals surface area contributed by atoms with E-state index in [0.29, 0.717) is 23.6 Å². The van der Waals surface area contributed by atoms with Gasteiger partial charge in [0.1, 0.15) is 11.5 Å². The molecule has 0 fully saturated rings. The topological polar surface area (TPSA) is 73.6 Å². The third-order valence-electron chi connectivity index (χ3n) is 3.69. The predicted molar refractivity (Wildman–Crippen MR) is 98.4 cm³/mol. The molecule has 24 heavy (non-hydrogen) atoms. The lowest BCUT2D eigenvalue weighted by molar-refractivity contribution is 0.0953. The summed E-state index contributed by atoms with van der Waals surface area (Å²) < 4.78 is 10.6. The number of methoxy groups -OCH3 is 2. The number of halogens is 1. The minimum atomic E-state index is -0.156. The van der Waals surface area contributed by atoms with Crippen LogP contribution in [-0.2, 0) is 6.42 Å². The van der Waals surface area contributed by atoms with Gasteiger partial charge < -0.3 is 20.5 Å². The van der Waals surface area contributed by atoms with Gasteiger partial charge in [-0.05, 0) is 43.2 Å². The van der Waals surface area contributed by atoms with Gasteiger partial charge in [0, 0.05) is 23.4 Å². The summed E-state index contributed by atoms with van der Waals surface area (Å²) in [5, 5.41) is 2.90. The Bertz CT molecular complexity index is 662. The Hall–Kier alpha value is -2.40. The summed E-state index contributed by atoms with van der Waals surface area (Å²) in [7, 11) is 3.15. The smallest absolute Gasteiger partial charge is 0.251 e. The summed E-state index contributed by atoms with van der Waals surface area (Å²) in [5.74, 6) is 1.11. The SMILES string of the molecule is COc1cc(C(=O)NCCc2ccc(N)cc2)cc(OC)c1C.Cl. The highest BCUT2D eigenvalue weighted by Crippen LogP contribution is 2.29. The van der Waals surface area contributed by atoms with Gasteiger partial charge in [0.2, 0.25) is 0 Å². The van der Waals surface area contributed by atoms with Crippen molar-refractivity contribution in [1.82, 2.24) is 5.32 Å². The highest BCUT2D eigenvalue weighted by molar-refractivity contribution is 5.95. The van der Waals surface area contributed by atoms with Crippen molar-refractivity contribution in [2.24, 2.45) is 0 Å². The van der Waals surface area contributed by atoms with Crippen molar-refractivity contribution >= 4 is 24.0 Å². The van der Waals surface area contributed by atoms with Gasteiger partial charge in [-0.15, -0.1) is 12.4 Å². The zero-order chi connectivity index (χ0) is 16.8. The van der Waals surface area contributed by atoms with Gasteiger partial charge in [0.05, 0.1) is 14.2 Å². The number of anilines is 1. The molecule has 1 amide bonds. The van der Waals surface area contributed by atoms with E-state index in [1.54, 1.807) is 26.4 Å². The Morgan fingerprint density at radius 3 is 2.12 bits per heavy atom. The Balaban J connectivity index is 0.00000288. The molecule has 0 aliphatic carbocycles. The molecule has 0 saturated carbocycles. The molecule has 3 N–H and O–H groups in total. The lowest BCUT2D eigenvalue weighted by atomic mass is 10.1. The van der Waals surface area contributed by atoms with Crippen molar-refractivity contribution in [3.63, 3.8) is 0 Å². The van der Waals surface area contributed by atoms with Crippen molar-refractivity contribution in [2.75, 3.05) is 26.5 Å². The van der Waals surface area contributed by atoms with Gasteiger partial charge in [-0.1, -0.05) is 12.1 Å². The summed E-state index contributed by atoms with van der Waals surface area (Å²) >= 11 is 0. The van der Waals surface area contributed by atoms with Crippen LogP contribution in [0.2, 0.25) is 0 Å². The van der Waals surface area contributed by atoms with E-state index in [2.05, 4.69) is 5.32 Å². The number of hydrogen-bond acceptors (Lipinski definition) is 4. The first-order valence-corrected chi connectivity index (χ1v) is 7.40. The second-order valence-electron chi connectivity index (χ2n) is 5.25. The van der Waals surface area contributed by atoms with Gasteiger partial charge in [-0.25, -0.2) is 0 Å². The molecule has 0 atom stereocenters. The number of nitrogen functional groups attached to an aromatic ring is 1. The number of rotatable bonds is 6. The van der Waals surface area contributed by atoms with Crippen LogP contribution in [0.5, 0.6) is 11.5 Å². The summed E-state index contributed by atoms with van der Waals surface area (Å²) in [6, 6.07) is 11.1. The number of benzene rings is 2. The fourth-order valence-corrected chi connectivity index (χ4v) is 2.32. The second-order valence-corrected chi connectivity index (χ2v) is 5.25. The summed E-state index contributed by atoms with van der Waals surface area (Å²) in [4.78, 5) is 12.3. The van der Waals surface area contributed by atoms with Crippen molar-refractivity contribution in [1.29, 1.82) is 0 Å². The number of nitrogens with two attached hydrogens (primary N) is 1. The van der Waals surface area contributed by atoms with E-state index in [4.69, 9.17) is 15.2 Å². The summed E-state index contributed by atoms with van der Waals surface area (Å²) in [6.07, 6.45) is 0.742. The molecule has 6 heteroatoms. The maximum atomic E-state index is 12.3. The standard InChI is InChI=1S/C18H22N2O3.ClH/c1-12-16(22-2)10-14(11-17(12)23-3)18(21)20-9-8-13-4-6-15(19)7-5-13;/h4-7,10-11H,8-9,19H2,1-3H3,(H,20,21);1H. The van der Waals surface area contributed by atoms with Crippen LogP contribution in [0, 0.1) is 6.92 Å². The maximum Gasteiger partial charge on any atom is 0.251 e. The van der Waals surface area contributed by atoms with Crippen LogP contribution < -0.4 is 20.5 Å². The molecule has 0 unspecified atom stereocenters. The lowest BCUT2D eigenvalue weighted by Gasteiger charge is -2.12. The zero-order valence-corrected chi connectivity index (χ0v) is 14.9.